The summed E-state index contributed by atoms with van der Waals surface area (Å²) in [4.78, 5) is 2.17. The fraction of sp³-hybridized carbons (Fsp3) is 0.759. The molecule has 2 nitrogen and oxygen atoms in total. The fourth-order valence-electron chi connectivity index (χ4n) is 7.50. The maximum Gasteiger partial charge on any atom is 0.0641 e. The van der Waals surface area contributed by atoms with E-state index in [1.165, 1.54) is 38.5 Å². The molecule has 4 heteroatoms. The van der Waals surface area contributed by atoms with Gasteiger partial charge >= 0.3 is 0 Å². The number of rotatable bonds is 5. The molecule has 3 fully saturated rings. The number of hydrogen-bond acceptors (Lipinski definition) is 2. The van der Waals surface area contributed by atoms with Crippen LogP contribution in [0.15, 0.2) is 30.3 Å². The Balaban J connectivity index is 0.000000235. The largest absolute Gasteiger partial charge is 0.368 e. The Kier molecular flexibility index (Phi) is 8.95. The summed E-state index contributed by atoms with van der Waals surface area (Å²) in [6.45, 7) is 13.9. The first-order valence-corrected chi connectivity index (χ1v) is 14.1. The van der Waals surface area contributed by atoms with Gasteiger partial charge in [-0.2, -0.15) is 0 Å². The van der Waals surface area contributed by atoms with Gasteiger partial charge in [0.05, 0.1) is 5.49 Å². The van der Waals surface area contributed by atoms with Gasteiger partial charge in [-0.15, -0.1) is 11.6 Å². The van der Waals surface area contributed by atoms with E-state index in [0.29, 0.717) is 16.9 Å². The summed E-state index contributed by atoms with van der Waals surface area (Å²) in [5.41, 5.74) is 10.4. The third-order valence-corrected chi connectivity index (χ3v) is 9.45. The molecule has 1 heterocycles. The first-order chi connectivity index (χ1) is 15.5. The molecule has 1 aliphatic heterocycles. The van der Waals surface area contributed by atoms with Gasteiger partial charge in [0.1, 0.15) is 0 Å². The summed E-state index contributed by atoms with van der Waals surface area (Å²) in [5.74, 6) is 3.42. The molecule has 2 N–H and O–H groups in total. The molecule has 3 aliphatic rings. The van der Waals surface area contributed by atoms with Crippen LogP contribution < -0.4 is 5.73 Å². The molecule has 1 aromatic rings. The summed E-state index contributed by atoms with van der Waals surface area (Å²) in [6.07, 6.45) is 9.09. The SMILES string of the molecule is CC1(C)CN(C=S)CCC1N.CC1CC2(c3ccccc3)CC(CC(C)(C)C2)C1CCCCl. The molecule has 2 saturated carbocycles. The second-order valence-corrected chi connectivity index (χ2v) is 13.4. The lowest BCUT2D eigenvalue weighted by Gasteiger charge is -2.57. The molecular formula is C29H47ClN2S. The maximum absolute atomic E-state index is 5.98. The van der Waals surface area contributed by atoms with Gasteiger partial charge in [-0.25, -0.2) is 0 Å². The molecule has 0 spiro atoms. The minimum atomic E-state index is 0.216. The second kappa shape index (κ2) is 11.0. The van der Waals surface area contributed by atoms with Gasteiger partial charge in [0.2, 0.25) is 0 Å². The Hall–Kier alpha value is -0.640. The Morgan fingerprint density at radius 3 is 2.42 bits per heavy atom. The van der Waals surface area contributed by atoms with Crippen LogP contribution in [-0.2, 0) is 5.41 Å². The van der Waals surface area contributed by atoms with E-state index in [1.54, 1.807) is 11.1 Å². The van der Waals surface area contributed by atoms with Gasteiger partial charge in [0.15, 0.2) is 0 Å². The summed E-state index contributed by atoms with van der Waals surface area (Å²) < 4.78 is 0. The number of nitrogens with two attached hydrogens (primary N) is 1. The van der Waals surface area contributed by atoms with Crippen molar-refractivity contribution < 1.29 is 0 Å². The topological polar surface area (TPSA) is 29.3 Å². The number of hydrogen-bond donors (Lipinski definition) is 1. The molecule has 1 aromatic carbocycles. The first kappa shape index (κ1) is 27.0. The van der Waals surface area contributed by atoms with Crippen LogP contribution in [0, 0.1) is 28.6 Å². The Morgan fingerprint density at radius 2 is 1.82 bits per heavy atom. The molecule has 5 unspecified atom stereocenters. The van der Waals surface area contributed by atoms with E-state index in [2.05, 4.69) is 69.9 Å². The zero-order chi connectivity index (χ0) is 24.3. The van der Waals surface area contributed by atoms with Crippen LogP contribution in [0.5, 0.6) is 0 Å². The Bertz CT molecular complexity index is 760. The Labute approximate surface area is 214 Å². The molecular weight excluding hydrogens is 444 g/mol. The lowest BCUT2D eigenvalue weighted by atomic mass is 9.48. The number of nitrogens with zero attached hydrogens (tertiary/aromatic N) is 1. The van der Waals surface area contributed by atoms with Crippen molar-refractivity contribution in [3.05, 3.63) is 35.9 Å². The molecule has 0 amide bonds. The summed E-state index contributed by atoms with van der Waals surface area (Å²) in [5, 5.41) is 0. The van der Waals surface area contributed by atoms with E-state index >= 15 is 0 Å². The van der Waals surface area contributed by atoms with Crippen LogP contribution in [-0.4, -0.2) is 35.4 Å². The van der Waals surface area contributed by atoms with Crippen molar-refractivity contribution in [2.75, 3.05) is 19.0 Å². The maximum atomic E-state index is 5.98. The van der Waals surface area contributed by atoms with Gasteiger partial charge in [-0.3, -0.25) is 0 Å². The number of piperidine rings is 1. The molecule has 0 aromatic heterocycles. The predicted octanol–water partition coefficient (Wildman–Crippen LogP) is 7.43. The number of alkyl halides is 1. The molecule has 2 bridgehead atoms. The highest BCUT2D eigenvalue weighted by Crippen LogP contribution is 2.60. The molecule has 1 saturated heterocycles. The minimum Gasteiger partial charge on any atom is -0.368 e. The molecule has 5 atom stereocenters. The second-order valence-electron chi connectivity index (χ2n) is 12.8. The third-order valence-electron chi connectivity index (χ3n) is 8.88. The number of fused-ring (bicyclic) bond motifs is 2. The lowest BCUT2D eigenvalue weighted by molar-refractivity contribution is -0.0171. The molecule has 0 radical (unpaired) electrons. The molecule has 2 aliphatic carbocycles. The highest BCUT2D eigenvalue weighted by molar-refractivity contribution is 7.78. The smallest absolute Gasteiger partial charge is 0.0641 e. The highest BCUT2D eigenvalue weighted by Gasteiger charge is 2.52. The summed E-state index contributed by atoms with van der Waals surface area (Å²) in [6, 6.07) is 11.7. The van der Waals surface area contributed by atoms with Crippen molar-refractivity contribution in [3.8, 4) is 0 Å². The van der Waals surface area contributed by atoms with E-state index in [4.69, 9.17) is 29.6 Å². The standard InChI is InChI=1S/C21H31Cl.C8H16N2S/c1-16-12-21(18-8-5-4-6-9-18)14-17(13-20(2,3)15-21)19(16)10-7-11-22;1-8(2)5-10(6-11)4-3-7(8)9/h4-6,8-9,16-17,19H,7,10-15H2,1-3H3;6-7H,3-5,9H2,1-2H3. The average Bonchev–Trinajstić information content (AvgIpc) is 2.75. The van der Waals surface area contributed by atoms with Crippen molar-refractivity contribution in [1.29, 1.82) is 0 Å². The van der Waals surface area contributed by atoms with Crippen LogP contribution in [0.3, 0.4) is 0 Å². The highest BCUT2D eigenvalue weighted by atomic mass is 35.5. The van der Waals surface area contributed by atoms with Crippen molar-refractivity contribution in [1.82, 2.24) is 4.90 Å². The monoisotopic (exact) mass is 490 g/mol. The zero-order valence-electron chi connectivity index (χ0n) is 21.7. The molecule has 4 rings (SSSR count). The molecule has 186 valence electrons. The van der Waals surface area contributed by atoms with E-state index in [1.807, 2.05) is 0 Å². The van der Waals surface area contributed by atoms with E-state index in [9.17, 15) is 0 Å². The van der Waals surface area contributed by atoms with Crippen LogP contribution in [0.25, 0.3) is 0 Å². The van der Waals surface area contributed by atoms with Crippen LogP contribution in [0.1, 0.15) is 85.1 Å². The fourth-order valence-corrected chi connectivity index (χ4v) is 7.84. The quantitative estimate of drug-likeness (QED) is 0.343. The van der Waals surface area contributed by atoms with Gasteiger partial charge < -0.3 is 10.6 Å². The van der Waals surface area contributed by atoms with Crippen molar-refractivity contribution in [2.24, 2.45) is 34.3 Å². The zero-order valence-corrected chi connectivity index (χ0v) is 23.2. The normalized spacial score (nSPS) is 34.7. The van der Waals surface area contributed by atoms with Gasteiger partial charge in [0.25, 0.3) is 0 Å². The summed E-state index contributed by atoms with van der Waals surface area (Å²) >= 11 is 10.9. The van der Waals surface area contributed by atoms with Gasteiger partial charge in [0, 0.05) is 25.0 Å². The average molecular weight is 491 g/mol. The number of thiocarbonyl (C=S) groups is 1. The summed E-state index contributed by atoms with van der Waals surface area (Å²) in [7, 11) is 0. The van der Waals surface area contributed by atoms with Gasteiger partial charge in [-0.05, 0) is 84.5 Å². The first-order valence-electron chi connectivity index (χ1n) is 13.1. The van der Waals surface area contributed by atoms with Gasteiger partial charge in [-0.1, -0.05) is 77.2 Å². The van der Waals surface area contributed by atoms with E-state index < -0.39 is 0 Å². The number of likely N-dealkylation sites (tertiary alicyclic amines) is 1. The van der Waals surface area contributed by atoms with E-state index in [0.717, 1.165) is 43.1 Å². The third kappa shape index (κ3) is 6.53. The van der Waals surface area contributed by atoms with Crippen LogP contribution >= 0.6 is 23.8 Å². The number of halogens is 1. The Morgan fingerprint density at radius 1 is 1.12 bits per heavy atom. The lowest BCUT2D eigenvalue weighted by Crippen LogP contribution is -2.51. The predicted molar refractivity (Wildman–Crippen MR) is 148 cm³/mol. The van der Waals surface area contributed by atoms with Crippen molar-refractivity contribution >= 4 is 29.3 Å². The van der Waals surface area contributed by atoms with Crippen molar-refractivity contribution in [2.45, 2.75) is 91.0 Å². The molecule has 33 heavy (non-hydrogen) atoms. The number of benzene rings is 1. The van der Waals surface area contributed by atoms with Crippen LogP contribution in [0.4, 0.5) is 0 Å². The van der Waals surface area contributed by atoms with E-state index in [-0.39, 0.29) is 5.41 Å². The van der Waals surface area contributed by atoms with Crippen molar-refractivity contribution in [3.63, 3.8) is 0 Å². The minimum absolute atomic E-state index is 0.216. The van der Waals surface area contributed by atoms with Crippen LogP contribution in [0.2, 0.25) is 0 Å².